The minimum Gasteiger partial charge on any atom is -0.450 e. The summed E-state index contributed by atoms with van der Waals surface area (Å²) in [6.07, 6.45) is 1.14. The van der Waals surface area contributed by atoms with E-state index in [1.807, 2.05) is 0 Å². The molecule has 0 N–H and O–H groups in total. The van der Waals surface area contributed by atoms with E-state index >= 15 is 0 Å². The fourth-order valence-electron chi connectivity index (χ4n) is 2.22. The number of epoxide rings is 1. The quantitative estimate of drug-likeness (QED) is 0.575. The van der Waals surface area contributed by atoms with E-state index in [2.05, 4.69) is 26.6 Å². The predicted octanol–water partition coefficient (Wildman–Crippen LogP) is 2.32. The molecule has 2 fully saturated rings. The molecule has 2 aliphatic rings. The molecule has 2 unspecified atom stereocenters. The lowest BCUT2D eigenvalue weighted by Crippen LogP contribution is -2.44. The van der Waals surface area contributed by atoms with Gasteiger partial charge in [0.15, 0.2) is 0 Å². The van der Waals surface area contributed by atoms with Crippen molar-refractivity contribution in [2.75, 3.05) is 19.7 Å². The molecule has 2 rings (SSSR count). The summed E-state index contributed by atoms with van der Waals surface area (Å²) in [6.45, 7) is 10.9. The van der Waals surface area contributed by atoms with Gasteiger partial charge < -0.3 is 14.4 Å². The molecule has 0 radical (unpaired) electrons. The van der Waals surface area contributed by atoms with Gasteiger partial charge in [0.1, 0.15) is 5.60 Å². The van der Waals surface area contributed by atoms with Gasteiger partial charge in [0, 0.05) is 14.6 Å². The van der Waals surface area contributed by atoms with Gasteiger partial charge in [0.2, 0.25) is 0 Å². The number of piperidine rings is 1. The maximum Gasteiger partial charge on any atom is 0.409 e. The first-order chi connectivity index (χ1) is 7.80. The summed E-state index contributed by atoms with van der Waals surface area (Å²) in [6, 6.07) is 1.03. The summed E-state index contributed by atoms with van der Waals surface area (Å²) in [5.74, 6) is 0. The number of hydrogen-bond donors (Lipinski definition) is 0. The van der Waals surface area contributed by atoms with Gasteiger partial charge in [-0.05, 0) is 19.4 Å². The molecule has 1 amide bonds. The third-order valence-electron chi connectivity index (χ3n) is 3.54. The zero-order chi connectivity index (χ0) is 12.7. The smallest absolute Gasteiger partial charge is 0.409 e. The number of hydrogen-bond acceptors (Lipinski definition) is 3. The van der Waals surface area contributed by atoms with Crippen molar-refractivity contribution in [2.24, 2.45) is 0 Å². The molecule has 98 valence electrons. The molecule has 0 aromatic heterocycles. The number of likely N-dealkylation sites (tertiary alicyclic amines) is 1. The van der Waals surface area contributed by atoms with Crippen molar-refractivity contribution in [1.29, 1.82) is 0 Å². The lowest BCUT2D eigenvalue weighted by Gasteiger charge is -2.27. The minimum atomic E-state index is -1.11. The van der Waals surface area contributed by atoms with Crippen LogP contribution in [-0.4, -0.2) is 50.5 Å². The molecule has 4 nitrogen and oxygen atoms in total. The fraction of sp³-hybridized carbons (Fsp3) is 0.917. The van der Waals surface area contributed by atoms with Crippen molar-refractivity contribution in [3.8, 4) is 0 Å². The van der Waals surface area contributed by atoms with Gasteiger partial charge in [-0.15, -0.1) is 0 Å². The van der Waals surface area contributed by atoms with Crippen molar-refractivity contribution < 1.29 is 14.3 Å². The van der Waals surface area contributed by atoms with E-state index in [-0.39, 0.29) is 11.7 Å². The Bertz CT molecular complexity index is 315. The molecule has 2 aliphatic heterocycles. The molecule has 2 atom stereocenters. The van der Waals surface area contributed by atoms with E-state index in [1.54, 1.807) is 4.90 Å². The molecule has 0 aromatic rings. The first-order valence-electron chi connectivity index (χ1n) is 6.40. The van der Waals surface area contributed by atoms with Crippen molar-refractivity contribution >= 4 is 14.2 Å². The predicted molar refractivity (Wildman–Crippen MR) is 69.0 cm³/mol. The minimum absolute atomic E-state index is 0.0873. The molecular formula is C12H23NO3Si. The number of carbonyl (C=O) groups is 1. The van der Waals surface area contributed by atoms with Crippen LogP contribution in [0.2, 0.25) is 25.7 Å². The highest BCUT2D eigenvalue weighted by atomic mass is 28.3. The van der Waals surface area contributed by atoms with Gasteiger partial charge in [0.25, 0.3) is 0 Å². The molecule has 0 aromatic carbocycles. The largest absolute Gasteiger partial charge is 0.450 e. The standard InChI is InChI=1S/C12H23NO3Si/c1-12-9-13(6-5-10(12)16-12)11(14)15-7-8-17(2,3)4/h10H,5-9H2,1-4H3. The summed E-state index contributed by atoms with van der Waals surface area (Å²) in [7, 11) is -1.11. The fourth-order valence-corrected chi connectivity index (χ4v) is 2.93. The molecule has 2 heterocycles. The summed E-state index contributed by atoms with van der Waals surface area (Å²) < 4.78 is 10.9. The summed E-state index contributed by atoms with van der Waals surface area (Å²) >= 11 is 0. The van der Waals surface area contributed by atoms with Crippen LogP contribution in [0, 0.1) is 0 Å². The third kappa shape index (κ3) is 3.22. The Morgan fingerprint density at radius 2 is 2.24 bits per heavy atom. The highest BCUT2D eigenvalue weighted by Crippen LogP contribution is 2.42. The van der Waals surface area contributed by atoms with Crippen LogP contribution < -0.4 is 0 Å². The SMILES string of the molecule is CC12CN(C(=O)OCC[Si](C)(C)C)CCC1O2. The Hall–Kier alpha value is -0.553. The Labute approximate surface area is 104 Å². The van der Waals surface area contributed by atoms with E-state index in [4.69, 9.17) is 9.47 Å². The Morgan fingerprint density at radius 3 is 2.82 bits per heavy atom. The third-order valence-corrected chi connectivity index (χ3v) is 5.24. The van der Waals surface area contributed by atoms with Gasteiger partial charge in [-0.2, -0.15) is 0 Å². The number of fused-ring (bicyclic) bond motifs is 1. The molecule has 2 saturated heterocycles. The van der Waals surface area contributed by atoms with Gasteiger partial charge in [0.05, 0.1) is 19.3 Å². The van der Waals surface area contributed by atoms with Crippen molar-refractivity contribution in [3.63, 3.8) is 0 Å². The van der Waals surface area contributed by atoms with Crippen LogP contribution in [0.4, 0.5) is 4.79 Å². The summed E-state index contributed by atoms with van der Waals surface area (Å²) in [5.41, 5.74) is -0.0873. The first-order valence-corrected chi connectivity index (χ1v) is 10.1. The number of ether oxygens (including phenoxy) is 2. The van der Waals surface area contributed by atoms with E-state index in [0.717, 1.165) is 19.0 Å². The second kappa shape index (κ2) is 4.28. The Balaban J connectivity index is 1.73. The van der Waals surface area contributed by atoms with Crippen LogP contribution in [0.5, 0.6) is 0 Å². The number of carbonyl (C=O) groups excluding carboxylic acids is 1. The van der Waals surface area contributed by atoms with E-state index in [1.165, 1.54) is 0 Å². The maximum atomic E-state index is 11.9. The summed E-state index contributed by atoms with van der Waals surface area (Å²) in [5, 5.41) is 0. The number of nitrogens with zero attached hydrogens (tertiary/aromatic N) is 1. The number of rotatable bonds is 3. The summed E-state index contributed by atoms with van der Waals surface area (Å²) in [4.78, 5) is 13.6. The van der Waals surface area contributed by atoms with Crippen LogP contribution in [-0.2, 0) is 9.47 Å². The highest BCUT2D eigenvalue weighted by Gasteiger charge is 2.56. The van der Waals surface area contributed by atoms with Gasteiger partial charge >= 0.3 is 6.09 Å². The molecule has 0 saturated carbocycles. The zero-order valence-electron chi connectivity index (χ0n) is 11.3. The van der Waals surface area contributed by atoms with Crippen molar-refractivity contribution in [2.45, 2.75) is 50.7 Å². The van der Waals surface area contributed by atoms with E-state index in [9.17, 15) is 4.79 Å². The second-order valence-corrected chi connectivity index (χ2v) is 12.2. The van der Waals surface area contributed by atoms with Gasteiger partial charge in [-0.3, -0.25) is 0 Å². The van der Waals surface area contributed by atoms with Crippen LogP contribution in [0.25, 0.3) is 0 Å². The monoisotopic (exact) mass is 257 g/mol. The Morgan fingerprint density at radius 1 is 1.53 bits per heavy atom. The molecule has 0 spiro atoms. The Kier molecular flexibility index (Phi) is 3.25. The van der Waals surface area contributed by atoms with Gasteiger partial charge in [-0.25, -0.2) is 4.79 Å². The van der Waals surface area contributed by atoms with Crippen LogP contribution in [0.3, 0.4) is 0 Å². The zero-order valence-corrected chi connectivity index (χ0v) is 12.3. The van der Waals surface area contributed by atoms with Gasteiger partial charge in [-0.1, -0.05) is 19.6 Å². The number of amides is 1. The average molecular weight is 257 g/mol. The average Bonchev–Trinajstić information content (AvgIpc) is 2.86. The lowest BCUT2D eigenvalue weighted by molar-refractivity contribution is 0.0951. The molecule has 5 heteroatoms. The lowest BCUT2D eigenvalue weighted by atomic mass is 10.0. The normalized spacial score (nSPS) is 32.0. The molecule has 17 heavy (non-hydrogen) atoms. The molecule has 0 aliphatic carbocycles. The van der Waals surface area contributed by atoms with Crippen LogP contribution >= 0.6 is 0 Å². The van der Waals surface area contributed by atoms with Crippen LogP contribution in [0.15, 0.2) is 0 Å². The molecular weight excluding hydrogens is 234 g/mol. The van der Waals surface area contributed by atoms with Crippen molar-refractivity contribution in [3.05, 3.63) is 0 Å². The first kappa shape index (κ1) is 12.9. The van der Waals surface area contributed by atoms with E-state index < -0.39 is 8.07 Å². The maximum absolute atomic E-state index is 11.9. The van der Waals surface area contributed by atoms with Crippen molar-refractivity contribution in [1.82, 2.24) is 4.90 Å². The second-order valence-electron chi connectivity index (χ2n) is 6.55. The van der Waals surface area contributed by atoms with E-state index in [0.29, 0.717) is 19.3 Å². The highest BCUT2D eigenvalue weighted by molar-refractivity contribution is 6.76. The van der Waals surface area contributed by atoms with Crippen LogP contribution in [0.1, 0.15) is 13.3 Å². The molecule has 0 bridgehead atoms. The topological polar surface area (TPSA) is 42.1 Å².